The van der Waals surface area contributed by atoms with Gasteiger partial charge in [-0.05, 0) is 5.92 Å². The molecular weight excluding hydrogens is 178 g/mol. The van der Waals surface area contributed by atoms with Crippen molar-refractivity contribution < 1.29 is 19.2 Å². The fourth-order valence-electron chi connectivity index (χ4n) is 0.608. The third-order valence-electron chi connectivity index (χ3n) is 1.06. The SMILES string of the molecule is O=C(O)C#Cc1ccc([N+](=O)[O-])o1. The van der Waals surface area contributed by atoms with E-state index in [1.807, 2.05) is 0 Å². The molecule has 1 heterocycles. The van der Waals surface area contributed by atoms with E-state index in [2.05, 4.69) is 10.3 Å². The maximum Gasteiger partial charge on any atom is 0.434 e. The van der Waals surface area contributed by atoms with Crippen LogP contribution in [0.15, 0.2) is 16.5 Å². The standard InChI is InChI=1S/C7H3NO5/c9-7(10)4-2-5-1-3-6(13-5)8(11)12/h1,3H,(H,9,10). The highest BCUT2D eigenvalue weighted by molar-refractivity contribution is 5.87. The quantitative estimate of drug-likeness (QED) is 0.389. The minimum absolute atomic E-state index is 0.0471. The van der Waals surface area contributed by atoms with Crippen LogP contribution in [-0.4, -0.2) is 16.0 Å². The van der Waals surface area contributed by atoms with Crippen molar-refractivity contribution in [3.05, 3.63) is 28.0 Å². The van der Waals surface area contributed by atoms with Crippen LogP contribution >= 0.6 is 0 Å². The number of nitro groups is 1. The predicted octanol–water partition coefficient (Wildman–Crippen LogP) is 0.624. The predicted molar refractivity (Wildman–Crippen MR) is 39.9 cm³/mol. The van der Waals surface area contributed by atoms with E-state index in [0.717, 1.165) is 6.07 Å². The molecule has 0 aromatic carbocycles. The largest absolute Gasteiger partial charge is 0.472 e. The fraction of sp³-hybridized carbons (Fsp3) is 0. The van der Waals surface area contributed by atoms with Crippen LogP contribution in [0.1, 0.15) is 5.76 Å². The van der Waals surface area contributed by atoms with Crippen LogP contribution < -0.4 is 0 Å². The van der Waals surface area contributed by atoms with Crippen LogP contribution in [0, 0.1) is 22.0 Å². The maximum absolute atomic E-state index is 10.1. The van der Waals surface area contributed by atoms with Gasteiger partial charge < -0.3 is 9.52 Å². The van der Waals surface area contributed by atoms with Gasteiger partial charge >= 0.3 is 11.9 Å². The zero-order valence-electron chi connectivity index (χ0n) is 6.18. The summed E-state index contributed by atoms with van der Waals surface area (Å²) in [5, 5.41) is 18.2. The first-order valence-electron chi connectivity index (χ1n) is 3.09. The van der Waals surface area contributed by atoms with Gasteiger partial charge in [0.1, 0.15) is 4.92 Å². The molecule has 0 amide bonds. The average Bonchev–Trinajstić information content (AvgIpc) is 2.48. The number of carboxylic acids is 1. The molecule has 6 nitrogen and oxygen atoms in total. The number of nitrogens with zero attached hydrogens (tertiary/aromatic N) is 1. The Morgan fingerprint density at radius 3 is 2.77 bits per heavy atom. The molecule has 1 N–H and O–H groups in total. The van der Waals surface area contributed by atoms with Gasteiger partial charge in [0, 0.05) is 12.0 Å². The number of furan rings is 1. The van der Waals surface area contributed by atoms with E-state index in [0.29, 0.717) is 0 Å². The summed E-state index contributed by atoms with van der Waals surface area (Å²) in [4.78, 5) is 19.3. The first-order chi connectivity index (χ1) is 6.09. The molecule has 0 saturated carbocycles. The molecule has 0 aliphatic carbocycles. The highest BCUT2D eigenvalue weighted by Crippen LogP contribution is 2.14. The monoisotopic (exact) mass is 181 g/mol. The van der Waals surface area contributed by atoms with E-state index in [9.17, 15) is 14.9 Å². The van der Waals surface area contributed by atoms with Crippen LogP contribution in [0.5, 0.6) is 0 Å². The first kappa shape index (κ1) is 8.80. The molecule has 0 radical (unpaired) electrons. The molecule has 1 aromatic rings. The molecule has 13 heavy (non-hydrogen) atoms. The van der Waals surface area contributed by atoms with Gasteiger partial charge in [-0.15, -0.1) is 0 Å². The molecule has 0 bridgehead atoms. The lowest BCUT2D eigenvalue weighted by Crippen LogP contribution is -1.86. The Balaban J connectivity index is 2.89. The van der Waals surface area contributed by atoms with Crippen molar-refractivity contribution >= 4 is 11.9 Å². The lowest BCUT2D eigenvalue weighted by Gasteiger charge is -1.79. The second-order valence-corrected chi connectivity index (χ2v) is 1.95. The molecule has 0 saturated heterocycles. The van der Waals surface area contributed by atoms with Crippen molar-refractivity contribution in [2.75, 3.05) is 0 Å². The zero-order chi connectivity index (χ0) is 9.84. The molecule has 0 aliphatic heterocycles. The molecule has 1 aromatic heterocycles. The fourth-order valence-corrected chi connectivity index (χ4v) is 0.608. The van der Waals surface area contributed by atoms with Crippen molar-refractivity contribution in [1.29, 1.82) is 0 Å². The number of carboxylic acid groups (broad SMARTS) is 1. The number of hydrogen-bond donors (Lipinski definition) is 1. The molecule has 0 atom stereocenters. The maximum atomic E-state index is 10.1. The third kappa shape index (κ3) is 2.34. The molecule has 66 valence electrons. The first-order valence-corrected chi connectivity index (χ1v) is 3.09. The van der Waals surface area contributed by atoms with Gasteiger partial charge in [-0.1, -0.05) is 0 Å². The second kappa shape index (κ2) is 3.40. The van der Waals surface area contributed by atoms with Crippen LogP contribution in [0.3, 0.4) is 0 Å². The summed E-state index contributed by atoms with van der Waals surface area (Å²) < 4.78 is 4.56. The molecule has 1 rings (SSSR count). The summed E-state index contributed by atoms with van der Waals surface area (Å²) >= 11 is 0. The topological polar surface area (TPSA) is 93.6 Å². The lowest BCUT2D eigenvalue weighted by molar-refractivity contribution is -0.402. The summed E-state index contributed by atoms with van der Waals surface area (Å²) in [6, 6.07) is 2.33. The Kier molecular flexibility index (Phi) is 2.31. The van der Waals surface area contributed by atoms with Gasteiger partial charge in [0.15, 0.2) is 5.76 Å². The molecule has 6 heteroatoms. The highest BCUT2D eigenvalue weighted by atomic mass is 16.6. The lowest BCUT2D eigenvalue weighted by atomic mass is 10.4. The number of aliphatic carboxylic acids is 1. The molecule has 0 aliphatic rings. The average molecular weight is 181 g/mol. The van der Waals surface area contributed by atoms with Gasteiger partial charge in [-0.2, -0.15) is 0 Å². The summed E-state index contributed by atoms with van der Waals surface area (Å²) in [5.74, 6) is 2.03. The van der Waals surface area contributed by atoms with Crippen LogP contribution in [-0.2, 0) is 4.79 Å². The van der Waals surface area contributed by atoms with E-state index in [1.165, 1.54) is 6.07 Å². The van der Waals surface area contributed by atoms with Crippen molar-refractivity contribution in [3.63, 3.8) is 0 Å². The third-order valence-corrected chi connectivity index (χ3v) is 1.06. The minimum atomic E-state index is -1.32. The molecule has 0 unspecified atom stereocenters. The van der Waals surface area contributed by atoms with E-state index < -0.39 is 16.8 Å². The van der Waals surface area contributed by atoms with Crippen LogP contribution in [0.2, 0.25) is 0 Å². The van der Waals surface area contributed by atoms with E-state index >= 15 is 0 Å². The highest BCUT2D eigenvalue weighted by Gasteiger charge is 2.09. The summed E-state index contributed by atoms with van der Waals surface area (Å²) in [6.45, 7) is 0. The Bertz CT molecular complexity index is 408. The number of hydrogen-bond acceptors (Lipinski definition) is 4. The van der Waals surface area contributed by atoms with Crippen molar-refractivity contribution in [3.8, 4) is 11.8 Å². The molecular formula is C7H3NO5. The van der Waals surface area contributed by atoms with Crippen LogP contribution in [0.4, 0.5) is 5.88 Å². The van der Waals surface area contributed by atoms with E-state index in [4.69, 9.17) is 5.11 Å². The summed E-state index contributed by atoms with van der Waals surface area (Å²) in [6.07, 6.45) is 0. The number of carbonyl (C=O) groups is 1. The van der Waals surface area contributed by atoms with Crippen molar-refractivity contribution in [2.24, 2.45) is 0 Å². The second-order valence-electron chi connectivity index (χ2n) is 1.95. The van der Waals surface area contributed by atoms with Crippen LogP contribution in [0.25, 0.3) is 0 Å². The Morgan fingerprint density at radius 2 is 2.31 bits per heavy atom. The normalized spacial score (nSPS) is 8.62. The van der Waals surface area contributed by atoms with Gasteiger partial charge in [0.05, 0.1) is 6.07 Å². The van der Waals surface area contributed by atoms with E-state index in [-0.39, 0.29) is 5.76 Å². The van der Waals surface area contributed by atoms with Crippen molar-refractivity contribution in [1.82, 2.24) is 0 Å². The Labute approximate surface area is 71.9 Å². The zero-order valence-corrected chi connectivity index (χ0v) is 6.18. The van der Waals surface area contributed by atoms with E-state index in [1.54, 1.807) is 5.92 Å². The summed E-state index contributed by atoms with van der Waals surface area (Å²) in [5.41, 5.74) is 0. The Hall–Kier alpha value is -2.29. The van der Waals surface area contributed by atoms with Crippen molar-refractivity contribution in [2.45, 2.75) is 0 Å². The Morgan fingerprint density at radius 1 is 1.62 bits per heavy atom. The van der Waals surface area contributed by atoms with Gasteiger partial charge in [0.2, 0.25) is 0 Å². The minimum Gasteiger partial charge on any atom is -0.472 e. The number of rotatable bonds is 1. The summed E-state index contributed by atoms with van der Waals surface area (Å²) in [7, 11) is 0. The van der Waals surface area contributed by atoms with Gasteiger partial charge in [0.25, 0.3) is 0 Å². The van der Waals surface area contributed by atoms with Gasteiger partial charge in [-0.25, -0.2) is 4.79 Å². The van der Waals surface area contributed by atoms with Gasteiger partial charge in [-0.3, -0.25) is 10.1 Å². The molecule has 0 spiro atoms. The molecule has 0 fully saturated rings. The smallest absolute Gasteiger partial charge is 0.434 e.